The number of nitrogen functional groups attached to an aromatic ring is 1. The summed E-state index contributed by atoms with van der Waals surface area (Å²) in [5.41, 5.74) is 9.36. The van der Waals surface area contributed by atoms with Gasteiger partial charge in [0.15, 0.2) is 0 Å². The van der Waals surface area contributed by atoms with Crippen LogP contribution in [0.1, 0.15) is 24.8 Å². The molecule has 1 aliphatic rings. The number of anilines is 1. The summed E-state index contributed by atoms with van der Waals surface area (Å²) in [6.07, 6.45) is 4.58. The molecule has 3 rings (SSSR count). The molecule has 0 saturated heterocycles. The van der Waals surface area contributed by atoms with E-state index in [2.05, 4.69) is 29.4 Å². The molecule has 0 spiro atoms. The van der Waals surface area contributed by atoms with Crippen LogP contribution in [-0.4, -0.2) is 22.5 Å². The van der Waals surface area contributed by atoms with E-state index in [4.69, 9.17) is 10.5 Å². The van der Waals surface area contributed by atoms with Crippen molar-refractivity contribution in [1.82, 2.24) is 9.78 Å². The largest absolute Gasteiger partial charge is 0.384 e. The van der Waals surface area contributed by atoms with Crippen LogP contribution in [0.3, 0.4) is 0 Å². The van der Waals surface area contributed by atoms with Crippen LogP contribution in [0.4, 0.5) is 5.82 Å². The van der Waals surface area contributed by atoms with Crippen LogP contribution in [0, 0.1) is 0 Å². The summed E-state index contributed by atoms with van der Waals surface area (Å²) in [5, 5.41) is 4.39. The highest BCUT2D eigenvalue weighted by Gasteiger charge is 2.42. The zero-order valence-electron chi connectivity index (χ0n) is 12.1. The Morgan fingerprint density at radius 1 is 1.30 bits per heavy atom. The maximum absolute atomic E-state index is 5.81. The maximum Gasteiger partial charge on any atom is 0.121 e. The van der Waals surface area contributed by atoms with E-state index in [9.17, 15) is 0 Å². The monoisotopic (exact) mass is 271 g/mol. The number of aromatic nitrogens is 2. The van der Waals surface area contributed by atoms with Gasteiger partial charge in [-0.1, -0.05) is 24.3 Å². The van der Waals surface area contributed by atoms with E-state index in [0.29, 0.717) is 5.82 Å². The number of methoxy groups -OCH3 is 1. The predicted octanol–water partition coefficient (Wildman–Crippen LogP) is 2.78. The molecular formula is C16H21N3O. The average Bonchev–Trinajstić information content (AvgIpc) is 3.18. The van der Waals surface area contributed by atoms with Gasteiger partial charge in [-0.05, 0) is 31.2 Å². The lowest BCUT2D eigenvalue weighted by atomic mass is 10.0. The van der Waals surface area contributed by atoms with E-state index >= 15 is 0 Å². The second-order valence-corrected chi connectivity index (χ2v) is 5.66. The van der Waals surface area contributed by atoms with Crippen LogP contribution in [0.25, 0.3) is 11.3 Å². The molecule has 2 aromatic rings. The molecule has 0 amide bonds. The van der Waals surface area contributed by atoms with Crippen LogP contribution in [-0.2, 0) is 18.2 Å². The van der Waals surface area contributed by atoms with Crippen LogP contribution in [0.5, 0.6) is 0 Å². The lowest BCUT2D eigenvalue weighted by Gasteiger charge is -2.12. The summed E-state index contributed by atoms with van der Waals surface area (Å²) in [5.74, 6) is 0.680. The first-order chi connectivity index (χ1) is 9.62. The lowest BCUT2D eigenvalue weighted by molar-refractivity contribution is 0.0731. The Balaban J connectivity index is 1.68. The van der Waals surface area contributed by atoms with Gasteiger partial charge in [0.05, 0.1) is 11.3 Å². The number of ether oxygens (including phenoxy) is 1. The minimum absolute atomic E-state index is 0.175. The summed E-state index contributed by atoms with van der Waals surface area (Å²) in [4.78, 5) is 0. The van der Waals surface area contributed by atoms with Crippen molar-refractivity contribution in [2.24, 2.45) is 7.05 Å². The van der Waals surface area contributed by atoms with E-state index in [0.717, 1.165) is 24.1 Å². The van der Waals surface area contributed by atoms with Gasteiger partial charge in [-0.25, -0.2) is 0 Å². The number of hydrogen-bond donors (Lipinski definition) is 1. The summed E-state index contributed by atoms with van der Waals surface area (Å²) >= 11 is 0. The minimum Gasteiger partial charge on any atom is -0.384 e. The first kappa shape index (κ1) is 13.2. The number of aryl methyl sites for hydroxylation is 2. The molecular weight excluding hydrogens is 250 g/mol. The Morgan fingerprint density at radius 2 is 2.00 bits per heavy atom. The minimum atomic E-state index is 0.175. The standard InChI is InChI=1S/C16H21N3O/c1-19-15(17)11-14(18-19)13-5-3-12(4-6-13)7-8-16(20-2)9-10-16/h3-6,11H,7-10,17H2,1-2H3. The molecule has 4 nitrogen and oxygen atoms in total. The predicted molar refractivity (Wildman–Crippen MR) is 80.4 cm³/mol. The van der Waals surface area contributed by atoms with Gasteiger partial charge >= 0.3 is 0 Å². The molecule has 1 aromatic heterocycles. The van der Waals surface area contributed by atoms with Crippen molar-refractivity contribution < 1.29 is 4.74 Å². The first-order valence-corrected chi connectivity index (χ1v) is 7.06. The fourth-order valence-electron chi connectivity index (χ4n) is 2.53. The molecule has 0 unspecified atom stereocenters. The molecule has 2 N–H and O–H groups in total. The van der Waals surface area contributed by atoms with Crippen molar-refractivity contribution in [2.45, 2.75) is 31.3 Å². The highest BCUT2D eigenvalue weighted by molar-refractivity contribution is 5.62. The van der Waals surface area contributed by atoms with E-state index in [1.807, 2.05) is 20.2 Å². The lowest BCUT2D eigenvalue weighted by Crippen LogP contribution is -2.12. The van der Waals surface area contributed by atoms with Crippen molar-refractivity contribution in [3.63, 3.8) is 0 Å². The Kier molecular flexibility index (Phi) is 3.26. The molecule has 0 atom stereocenters. The van der Waals surface area contributed by atoms with Crippen molar-refractivity contribution >= 4 is 5.82 Å². The van der Waals surface area contributed by atoms with Gasteiger partial charge in [0.25, 0.3) is 0 Å². The van der Waals surface area contributed by atoms with E-state index in [1.165, 1.54) is 18.4 Å². The highest BCUT2D eigenvalue weighted by atomic mass is 16.5. The van der Waals surface area contributed by atoms with Gasteiger partial charge in [-0.3, -0.25) is 4.68 Å². The Hall–Kier alpha value is -1.81. The summed E-state index contributed by atoms with van der Waals surface area (Å²) in [6, 6.07) is 10.5. The molecule has 1 fully saturated rings. The average molecular weight is 271 g/mol. The van der Waals surface area contributed by atoms with E-state index < -0.39 is 0 Å². The normalized spacial score (nSPS) is 16.3. The topological polar surface area (TPSA) is 53.1 Å². The SMILES string of the molecule is COC1(CCc2ccc(-c3cc(N)n(C)n3)cc2)CC1. The van der Waals surface area contributed by atoms with Crippen molar-refractivity contribution in [3.8, 4) is 11.3 Å². The van der Waals surface area contributed by atoms with Crippen molar-refractivity contribution in [1.29, 1.82) is 0 Å². The van der Waals surface area contributed by atoms with E-state index in [-0.39, 0.29) is 5.60 Å². The Bertz CT molecular complexity index is 577. The number of hydrogen-bond acceptors (Lipinski definition) is 3. The third-order valence-corrected chi connectivity index (χ3v) is 4.28. The third kappa shape index (κ3) is 2.56. The van der Waals surface area contributed by atoms with Gasteiger partial charge in [-0.15, -0.1) is 0 Å². The van der Waals surface area contributed by atoms with Gasteiger partial charge in [0, 0.05) is 25.8 Å². The van der Waals surface area contributed by atoms with Crippen LogP contribution in [0.2, 0.25) is 0 Å². The highest BCUT2D eigenvalue weighted by Crippen LogP contribution is 2.42. The van der Waals surface area contributed by atoms with Gasteiger partial charge in [-0.2, -0.15) is 5.10 Å². The molecule has 1 aromatic carbocycles. The molecule has 106 valence electrons. The second-order valence-electron chi connectivity index (χ2n) is 5.66. The molecule has 0 aliphatic heterocycles. The zero-order chi connectivity index (χ0) is 14.2. The molecule has 1 aliphatic carbocycles. The van der Waals surface area contributed by atoms with Crippen LogP contribution >= 0.6 is 0 Å². The Labute approximate surface area is 119 Å². The number of nitrogens with two attached hydrogens (primary N) is 1. The van der Waals surface area contributed by atoms with E-state index in [1.54, 1.807) is 4.68 Å². The molecule has 1 saturated carbocycles. The molecule has 1 heterocycles. The smallest absolute Gasteiger partial charge is 0.121 e. The van der Waals surface area contributed by atoms with Gasteiger partial charge < -0.3 is 10.5 Å². The molecule has 0 radical (unpaired) electrons. The summed E-state index contributed by atoms with van der Waals surface area (Å²) in [6.45, 7) is 0. The fourth-order valence-corrected chi connectivity index (χ4v) is 2.53. The first-order valence-electron chi connectivity index (χ1n) is 7.06. The fraction of sp³-hybridized carbons (Fsp3) is 0.438. The van der Waals surface area contributed by atoms with Crippen LogP contribution < -0.4 is 5.73 Å². The van der Waals surface area contributed by atoms with Gasteiger partial charge in [0.1, 0.15) is 5.82 Å². The Morgan fingerprint density at radius 3 is 2.50 bits per heavy atom. The second kappa shape index (κ2) is 4.94. The number of benzene rings is 1. The molecule has 4 heteroatoms. The quantitative estimate of drug-likeness (QED) is 0.909. The molecule has 0 bridgehead atoms. The van der Waals surface area contributed by atoms with Crippen molar-refractivity contribution in [3.05, 3.63) is 35.9 Å². The summed E-state index contributed by atoms with van der Waals surface area (Å²) in [7, 11) is 3.68. The molecule has 20 heavy (non-hydrogen) atoms. The zero-order valence-corrected chi connectivity index (χ0v) is 12.1. The third-order valence-electron chi connectivity index (χ3n) is 4.28. The summed E-state index contributed by atoms with van der Waals surface area (Å²) < 4.78 is 7.25. The van der Waals surface area contributed by atoms with Gasteiger partial charge in [0.2, 0.25) is 0 Å². The maximum atomic E-state index is 5.81. The van der Waals surface area contributed by atoms with Crippen molar-refractivity contribution in [2.75, 3.05) is 12.8 Å². The number of rotatable bonds is 5. The number of nitrogens with zero attached hydrogens (tertiary/aromatic N) is 2. The van der Waals surface area contributed by atoms with Crippen LogP contribution in [0.15, 0.2) is 30.3 Å².